The van der Waals surface area contributed by atoms with Crippen molar-refractivity contribution >= 4 is 65.3 Å². The molecule has 338 valence electrons. The predicted molar refractivity (Wildman–Crippen MR) is 243 cm³/mol. The van der Waals surface area contributed by atoms with E-state index in [4.69, 9.17) is 30.8 Å². The van der Waals surface area contributed by atoms with Crippen molar-refractivity contribution in [3.63, 3.8) is 0 Å². The first-order valence-corrected chi connectivity index (χ1v) is 19.6. The molecule has 1 aliphatic rings. The number of ether oxygens (including phenoxy) is 3. The summed E-state index contributed by atoms with van der Waals surface area (Å²) in [5.74, 6) is 0.760. The Morgan fingerprint density at radius 3 is 1.74 bits per heavy atom. The van der Waals surface area contributed by atoms with Crippen molar-refractivity contribution < 1.29 is 61.2 Å². The van der Waals surface area contributed by atoms with Crippen molar-refractivity contribution in [3.05, 3.63) is 149 Å². The van der Waals surface area contributed by atoms with E-state index in [0.717, 1.165) is 22.6 Å². The largest absolute Gasteiger partial charge is 2.00 e. The zero-order chi connectivity index (χ0) is 47.5. The topological polar surface area (TPSA) is 204 Å². The smallest absolute Gasteiger partial charge is 0.753 e. The van der Waals surface area contributed by atoms with E-state index in [9.17, 15) is 27.6 Å². The number of aromatic nitrogens is 4. The minimum atomic E-state index is -4.83. The molecule has 4 aromatic heterocycles. The number of benzene rings is 2. The fourth-order valence-electron chi connectivity index (χ4n) is 6.85. The maximum Gasteiger partial charge on any atom is 2.00 e. The molecule has 19 heteroatoms. The van der Waals surface area contributed by atoms with Gasteiger partial charge in [-0.1, -0.05) is 77.2 Å². The number of hydrogen-bond donors (Lipinski definition) is 1. The van der Waals surface area contributed by atoms with E-state index in [2.05, 4.69) is 70.0 Å². The molecule has 66 heavy (non-hydrogen) atoms. The van der Waals surface area contributed by atoms with Crippen LogP contribution in [-0.4, -0.2) is 56.4 Å². The van der Waals surface area contributed by atoms with Gasteiger partial charge in [-0.15, -0.1) is 5.70 Å². The van der Waals surface area contributed by atoms with Crippen LogP contribution in [0.25, 0.3) is 39.6 Å². The van der Waals surface area contributed by atoms with E-state index in [-0.39, 0.29) is 54.3 Å². The molecule has 2 N–H and O–H groups in total. The van der Waals surface area contributed by atoms with Gasteiger partial charge < -0.3 is 30.3 Å². The Hall–Kier alpha value is -7.33. The van der Waals surface area contributed by atoms with Crippen LogP contribution in [0.1, 0.15) is 57.0 Å². The summed E-state index contributed by atoms with van der Waals surface area (Å²) in [6.45, 7) is 11.3. The number of fused-ring (bicyclic) bond motifs is 2. The van der Waals surface area contributed by atoms with Gasteiger partial charge >= 0.3 is 25.7 Å². The Labute approximate surface area is 395 Å². The van der Waals surface area contributed by atoms with E-state index in [0.29, 0.717) is 47.4 Å². The molecule has 1 aliphatic heterocycles. The fraction of sp³-hybridized carbons (Fsp3) is 0.170. The second kappa shape index (κ2) is 22.0. The third kappa shape index (κ3) is 12.1. The van der Waals surface area contributed by atoms with Crippen LogP contribution in [0.3, 0.4) is 0 Å². The molecular weight excluding hydrogens is 963 g/mol. The molecule has 0 fully saturated rings. The molecule has 0 radical (unpaired) electrons. The monoisotopic (exact) mass is 1000 g/mol. The number of thiocarbonyl (C=S) groups is 1. The molecular formula is C47H39F3N8O6RuS. The molecule has 14 nitrogen and oxygen atoms in total. The van der Waals surface area contributed by atoms with Crippen molar-refractivity contribution in [3.8, 4) is 40.0 Å². The molecule has 0 spiro atoms. The van der Waals surface area contributed by atoms with Gasteiger partial charge in [-0.05, 0) is 59.0 Å². The number of alkyl halides is 3. The van der Waals surface area contributed by atoms with Crippen LogP contribution in [0.4, 0.5) is 30.2 Å². The molecule has 0 aliphatic carbocycles. The number of carbonyl (C=O) groups excluding carboxylic acids is 3. The number of pyridine rings is 4. The molecule has 0 unspecified atom stereocenters. The number of anilines is 3. The minimum Gasteiger partial charge on any atom is -0.753 e. The molecule has 0 saturated heterocycles. The van der Waals surface area contributed by atoms with Crippen molar-refractivity contribution in [1.29, 1.82) is 5.41 Å². The second-order valence-corrected chi connectivity index (χ2v) is 15.5. The van der Waals surface area contributed by atoms with Crippen molar-refractivity contribution in [1.82, 2.24) is 19.9 Å². The van der Waals surface area contributed by atoms with Crippen LogP contribution >= 0.6 is 12.2 Å². The second-order valence-electron chi connectivity index (χ2n) is 15.4. The average molecular weight is 1000 g/mol. The summed E-state index contributed by atoms with van der Waals surface area (Å²) in [5.41, 5.74) is 12.8. The summed E-state index contributed by atoms with van der Waals surface area (Å²) in [7, 11) is 0. The van der Waals surface area contributed by atoms with Gasteiger partial charge in [0.05, 0.1) is 39.8 Å². The van der Waals surface area contributed by atoms with Crippen LogP contribution < -0.4 is 19.1 Å². The van der Waals surface area contributed by atoms with Crippen LogP contribution in [0, 0.1) is 5.41 Å². The minimum absolute atomic E-state index is 0. The van der Waals surface area contributed by atoms with Crippen LogP contribution in [-0.2, 0) is 44.7 Å². The molecule has 2 aromatic carbocycles. The summed E-state index contributed by atoms with van der Waals surface area (Å²) in [4.78, 5) is 51.0. The van der Waals surface area contributed by atoms with Gasteiger partial charge in [-0.2, -0.15) is 18.3 Å². The van der Waals surface area contributed by atoms with Crippen LogP contribution in [0.2, 0.25) is 0 Å². The van der Waals surface area contributed by atoms with Gasteiger partial charge in [0, 0.05) is 59.5 Å². The van der Waals surface area contributed by atoms with Crippen LogP contribution in [0.15, 0.2) is 116 Å². The van der Waals surface area contributed by atoms with Crippen molar-refractivity contribution in [2.75, 3.05) is 4.90 Å². The maximum atomic E-state index is 13.0. The van der Waals surface area contributed by atoms with Gasteiger partial charge in [-0.3, -0.25) is 34.7 Å². The van der Waals surface area contributed by atoms with E-state index in [1.165, 1.54) is 65.7 Å². The number of allylic oxidation sites excluding steroid dienone is 1. The number of rotatable bonds is 11. The number of nitrogens with zero attached hydrogens (tertiary/aromatic N) is 6. The number of carbonyl (C=O) groups is 3. The number of para-hydroxylation sites is 1. The number of hydrogen-bond acceptors (Lipinski definition) is 13. The number of halogens is 3. The van der Waals surface area contributed by atoms with Crippen molar-refractivity contribution in [2.45, 2.75) is 51.6 Å². The molecule has 0 saturated carbocycles. The van der Waals surface area contributed by atoms with Gasteiger partial charge in [0.25, 0.3) is 19.4 Å². The molecule has 0 amide bonds. The zero-order valence-electron chi connectivity index (χ0n) is 35.7. The summed E-state index contributed by atoms with van der Waals surface area (Å²) in [6.07, 6.45) is 0.0964. The third-order valence-electron chi connectivity index (χ3n) is 9.79. The Kier molecular flexibility index (Phi) is 17.1. The molecule has 5 heterocycles. The maximum absolute atomic E-state index is 13.0. The quantitative estimate of drug-likeness (QED) is 0.0557. The Morgan fingerprint density at radius 2 is 1.24 bits per heavy atom. The van der Waals surface area contributed by atoms with E-state index in [1.54, 1.807) is 0 Å². The first-order valence-electron chi connectivity index (χ1n) is 19.2. The molecule has 6 aromatic rings. The fourth-order valence-corrected chi connectivity index (χ4v) is 6.85. The van der Waals surface area contributed by atoms with Gasteiger partial charge in [0.1, 0.15) is 23.0 Å². The molecule has 0 atom stereocenters. The summed E-state index contributed by atoms with van der Waals surface area (Å²) < 4.78 is 53.6. The Morgan fingerprint density at radius 1 is 0.758 bits per heavy atom. The van der Waals surface area contributed by atoms with Gasteiger partial charge in [0.2, 0.25) is 0 Å². The van der Waals surface area contributed by atoms with Gasteiger partial charge in [0.15, 0.2) is 0 Å². The molecule has 7 rings (SSSR count). The SMILES string of the molecule is CC(C)(C)c1ccc(N2c3ccccc3C(C)(C)c3c2ccnc3/C([NH-])=C/C(=N)C(F)(F)F)cc1.O=COc1ccnc(-c2cc(OC=O)cc(-c3cc(OC=O)ccn3)n2)c1.[N-]=C=S.[Ru+2]. The first-order chi connectivity index (χ1) is 30.9. The normalized spacial score (nSPS) is 12.4. The summed E-state index contributed by atoms with van der Waals surface area (Å²) >= 11 is 3.70. The van der Waals surface area contributed by atoms with E-state index >= 15 is 0 Å². The van der Waals surface area contributed by atoms with Gasteiger partial charge in [-0.25, -0.2) is 4.98 Å². The predicted octanol–water partition coefficient (Wildman–Crippen LogP) is 10.9. The summed E-state index contributed by atoms with van der Waals surface area (Å²) in [5, 5.41) is 15.8. The standard InChI is InChI=1S/C28H28F3N4.C18H11N3O6.CNS.Ru/c1-26(2,3)17-10-12-18(13-11-17)35-21-9-7-6-8-19(21)27(4,5)24-22(35)14-15-34-25(24)20(32)16-23(33)28(29,30)31;22-9-25-12-1-3-19-15(5-12)17-7-14(27-11-24)8-18(21-17)16-6-13(26-10-23)2-4-20-16;2-1-3;/h6-16,32-33H,1-5H3;1-11H;;/q-1;;-1;+2/b20-16-,33-23?;;;. The number of isothiocyanates is 1. The number of nitrogens with one attached hydrogen (secondary N) is 2. The third-order valence-corrected chi connectivity index (χ3v) is 9.79. The Balaban J connectivity index is 0.000000276. The summed E-state index contributed by atoms with van der Waals surface area (Å²) in [6, 6.07) is 27.0. The van der Waals surface area contributed by atoms with Crippen LogP contribution in [0.5, 0.6) is 17.2 Å². The van der Waals surface area contributed by atoms with E-state index in [1.807, 2.05) is 56.3 Å². The molecule has 0 bridgehead atoms. The average Bonchev–Trinajstić information content (AvgIpc) is 3.27. The Bertz CT molecular complexity index is 2720. The first kappa shape index (κ1) is 51.3. The van der Waals surface area contributed by atoms with Crippen molar-refractivity contribution in [2.24, 2.45) is 0 Å². The zero-order valence-corrected chi connectivity index (χ0v) is 38.3. The van der Waals surface area contributed by atoms with E-state index < -0.39 is 23.0 Å².